The van der Waals surface area contributed by atoms with Crippen LogP contribution in [0.25, 0.3) is 21.8 Å². The lowest BCUT2D eigenvalue weighted by Gasteiger charge is -2.06. The van der Waals surface area contributed by atoms with E-state index in [4.69, 9.17) is 40.7 Å². The summed E-state index contributed by atoms with van der Waals surface area (Å²) >= 11 is 12.2. The summed E-state index contributed by atoms with van der Waals surface area (Å²) in [5.41, 5.74) is 4.69. The Morgan fingerprint density at radius 1 is 0.710 bits per heavy atom. The van der Waals surface area contributed by atoms with Crippen LogP contribution in [0.15, 0.2) is 60.7 Å². The Balaban J connectivity index is 0.000000182. The van der Waals surface area contributed by atoms with Crippen molar-refractivity contribution in [3.63, 3.8) is 0 Å². The highest BCUT2D eigenvalue weighted by molar-refractivity contribution is 7.79. The summed E-state index contributed by atoms with van der Waals surface area (Å²) in [5, 5.41) is 3.87. The fraction of sp³-hybridized carbons (Fsp3) is 0.182. The number of rotatable bonds is 0. The van der Waals surface area contributed by atoms with Crippen LogP contribution >= 0.6 is 23.2 Å². The summed E-state index contributed by atoms with van der Waals surface area (Å²) in [6.07, 6.45) is 0. The molecule has 0 unspecified atom stereocenters. The molecule has 0 aliphatic rings. The van der Waals surface area contributed by atoms with Crippen LogP contribution in [0.1, 0.15) is 11.4 Å². The molecule has 0 fully saturated rings. The van der Waals surface area contributed by atoms with Gasteiger partial charge in [0.25, 0.3) is 0 Å². The third-order valence-electron chi connectivity index (χ3n) is 4.77. The summed E-state index contributed by atoms with van der Waals surface area (Å²) < 4.78 is 38.4. The molecule has 2 aromatic heterocycles. The van der Waals surface area contributed by atoms with E-state index in [1.807, 2.05) is 62.6 Å². The molecule has 6 nitrogen and oxygen atoms in total. The second-order valence-electron chi connectivity index (χ2n) is 6.83. The van der Waals surface area contributed by atoms with Gasteiger partial charge in [-0.2, -0.15) is 9.13 Å². The highest BCUT2D eigenvalue weighted by Crippen LogP contribution is 2.21. The zero-order valence-electron chi connectivity index (χ0n) is 17.5. The summed E-state index contributed by atoms with van der Waals surface area (Å²) in [6, 6.07) is 20.3. The predicted octanol–water partition coefficient (Wildman–Crippen LogP) is 3.91. The number of pyridine rings is 2. The number of nitrogens with zero attached hydrogens (tertiary/aromatic N) is 2. The first-order chi connectivity index (χ1) is 14.4. The van der Waals surface area contributed by atoms with E-state index in [9.17, 15) is 0 Å². The maximum atomic E-state index is 8.52. The van der Waals surface area contributed by atoms with E-state index in [1.165, 1.54) is 22.4 Å². The highest BCUT2D eigenvalue weighted by atomic mass is 35.5. The second-order valence-corrected chi connectivity index (χ2v) is 8.46. The topological polar surface area (TPSA) is 88.0 Å². The molecular formula is C22H22Cl2N2O4S. The first-order valence-electron chi connectivity index (χ1n) is 9.14. The minimum Gasteiger partial charge on any atom is -0.759 e. The van der Waals surface area contributed by atoms with Gasteiger partial charge in [0.15, 0.2) is 11.4 Å². The number of aryl methyl sites for hydroxylation is 4. The van der Waals surface area contributed by atoms with Crippen LogP contribution in [0.5, 0.6) is 0 Å². The minimum atomic E-state index is -5.17. The molecule has 0 amide bonds. The molecule has 0 saturated carbocycles. The molecule has 0 aliphatic carbocycles. The van der Waals surface area contributed by atoms with Gasteiger partial charge in [-0.25, -0.2) is 0 Å². The van der Waals surface area contributed by atoms with E-state index in [-0.39, 0.29) is 0 Å². The molecule has 2 aromatic carbocycles. The van der Waals surface area contributed by atoms with Gasteiger partial charge in [-0.1, -0.05) is 47.5 Å². The van der Waals surface area contributed by atoms with Gasteiger partial charge in [-0.15, -0.1) is 0 Å². The summed E-state index contributed by atoms with van der Waals surface area (Å²) in [4.78, 5) is 0. The quantitative estimate of drug-likeness (QED) is 0.216. The molecular weight excluding hydrogens is 459 g/mol. The highest BCUT2D eigenvalue weighted by Gasteiger charge is 2.11. The molecule has 0 aliphatic heterocycles. The van der Waals surface area contributed by atoms with Gasteiger partial charge >= 0.3 is 0 Å². The lowest BCUT2D eigenvalue weighted by atomic mass is 10.2. The van der Waals surface area contributed by atoms with Gasteiger partial charge in [0.2, 0.25) is 11.0 Å². The number of para-hydroxylation sites is 2. The number of benzene rings is 2. The lowest BCUT2D eigenvalue weighted by molar-refractivity contribution is -0.651. The van der Waals surface area contributed by atoms with Crippen molar-refractivity contribution in [2.45, 2.75) is 13.8 Å². The number of aromatic nitrogens is 2. The maximum Gasteiger partial charge on any atom is 0.213 e. The zero-order valence-corrected chi connectivity index (χ0v) is 19.8. The molecule has 0 spiro atoms. The third kappa shape index (κ3) is 6.85. The Morgan fingerprint density at radius 3 is 1.32 bits per heavy atom. The maximum absolute atomic E-state index is 8.52. The molecule has 31 heavy (non-hydrogen) atoms. The molecule has 0 N–H and O–H groups in total. The Hall–Kier alpha value is -2.29. The van der Waals surface area contributed by atoms with Crippen LogP contribution in [0.2, 0.25) is 10.0 Å². The molecule has 164 valence electrons. The van der Waals surface area contributed by atoms with E-state index in [2.05, 4.69) is 35.1 Å². The SMILES string of the molecule is Cc1cc(Cl)c2ccccc2[n+]1C.Cc1cc(Cl)c2ccccc2[n+]1C.O=S(=O)([O-])[O-]. The Kier molecular flexibility index (Phi) is 8.34. The number of hydrogen-bond acceptors (Lipinski definition) is 4. The monoisotopic (exact) mass is 480 g/mol. The van der Waals surface area contributed by atoms with Crippen LogP contribution in [0.4, 0.5) is 0 Å². The van der Waals surface area contributed by atoms with E-state index < -0.39 is 10.4 Å². The number of halogens is 2. The molecule has 0 atom stereocenters. The Bertz CT molecular complexity index is 1250. The number of fused-ring (bicyclic) bond motifs is 2. The van der Waals surface area contributed by atoms with Crippen molar-refractivity contribution >= 4 is 55.4 Å². The normalized spacial score (nSPS) is 10.8. The molecule has 4 rings (SSSR count). The van der Waals surface area contributed by atoms with Crippen molar-refractivity contribution in [1.82, 2.24) is 0 Å². The first-order valence-corrected chi connectivity index (χ1v) is 11.2. The van der Waals surface area contributed by atoms with Gasteiger partial charge < -0.3 is 9.11 Å². The Morgan fingerprint density at radius 2 is 1.00 bits per heavy atom. The van der Waals surface area contributed by atoms with E-state index in [1.54, 1.807) is 0 Å². The lowest BCUT2D eigenvalue weighted by Crippen LogP contribution is -2.32. The smallest absolute Gasteiger partial charge is 0.213 e. The molecule has 0 bridgehead atoms. The van der Waals surface area contributed by atoms with Crippen LogP contribution in [0, 0.1) is 13.8 Å². The van der Waals surface area contributed by atoms with Gasteiger partial charge in [0.1, 0.15) is 14.1 Å². The fourth-order valence-corrected chi connectivity index (χ4v) is 3.67. The summed E-state index contributed by atoms with van der Waals surface area (Å²) in [7, 11) is -1.07. The van der Waals surface area contributed by atoms with E-state index >= 15 is 0 Å². The average molecular weight is 481 g/mol. The first kappa shape index (κ1) is 25.0. The summed E-state index contributed by atoms with van der Waals surface area (Å²) in [6.45, 7) is 4.11. The average Bonchev–Trinajstić information content (AvgIpc) is 2.70. The van der Waals surface area contributed by atoms with Gasteiger partial charge in [-0.05, 0) is 12.1 Å². The number of hydrogen-bond donors (Lipinski definition) is 0. The van der Waals surface area contributed by atoms with Crippen LogP contribution < -0.4 is 9.13 Å². The van der Waals surface area contributed by atoms with Crippen molar-refractivity contribution < 1.29 is 26.7 Å². The van der Waals surface area contributed by atoms with Crippen molar-refractivity contribution in [2.24, 2.45) is 14.1 Å². The van der Waals surface area contributed by atoms with Crippen LogP contribution in [0.3, 0.4) is 0 Å². The molecule has 4 aromatic rings. The van der Waals surface area contributed by atoms with Gasteiger partial charge in [0, 0.05) is 48.5 Å². The van der Waals surface area contributed by atoms with Crippen molar-refractivity contribution in [2.75, 3.05) is 0 Å². The second kappa shape index (κ2) is 10.3. The van der Waals surface area contributed by atoms with Gasteiger partial charge in [0.05, 0.1) is 20.8 Å². The van der Waals surface area contributed by atoms with Crippen molar-refractivity contribution in [3.05, 3.63) is 82.1 Å². The van der Waals surface area contributed by atoms with Gasteiger partial charge in [-0.3, -0.25) is 8.42 Å². The Labute approximate surface area is 191 Å². The third-order valence-corrected chi connectivity index (χ3v) is 5.40. The van der Waals surface area contributed by atoms with Crippen molar-refractivity contribution in [1.29, 1.82) is 0 Å². The van der Waals surface area contributed by atoms with Crippen molar-refractivity contribution in [3.8, 4) is 0 Å². The van der Waals surface area contributed by atoms with Crippen LogP contribution in [-0.2, 0) is 24.5 Å². The van der Waals surface area contributed by atoms with Crippen LogP contribution in [-0.4, -0.2) is 17.5 Å². The molecule has 2 heterocycles. The predicted molar refractivity (Wildman–Crippen MR) is 120 cm³/mol. The van der Waals surface area contributed by atoms with E-state index in [0.29, 0.717) is 0 Å². The zero-order chi connectivity index (χ0) is 23.3. The molecule has 0 radical (unpaired) electrons. The van der Waals surface area contributed by atoms with E-state index in [0.717, 1.165) is 20.8 Å². The minimum absolute atomic E-state index is 0.825. The standard InChI is InChI=1S/2C11H11ClN.H2O4S/c2*1-8-7-10(12)9-5-3-4-6-11(9)13(8)2;1-5(2,3)4/h2*3-7H,1-2H3;(H2,1,2,3,4)/q2*+1;/p-2. The molecule has 0 saturated heterocycles. The fourth-order valence-electron chi connectivity index (χ4n) is 3.03. The largest absolute Gasteiger partial charge is 0.759 e. The molecule has 9 heteroatoms. The summed E-state index contributed by atoms with van der Waals surface area (Å²) in [5.74, 6) is 0.